The fourth-order valence-electron chi connectivity index (χ4n) is 3.97. The van der Waals surface area contributed by atoms with E-state index in [9.17, 15) is 9.59 Å². The van der Waals surface area contributed by atoms with Crippen LogP contribution < -0.4 is 5.32 Å². The Morgan fingerprint density at radius 1 is 1.14 bits per heavy atom. The van der Waals surface area contributed by atoms with Crippen molar-refractivity contribution in [2.45, 2.75) is 66.7 Å². The van der Waals surface area contributed by atoms with Gasteiger partial charge in [-0.3, -0.25) is 14.6 Å². The van der Waals surface area contributed by atoms with E-state index in [1.54, 1.807) is 24.7 Å². The highest BCUT2D eigenvalue weighted by atomic mass is 16.5. The third kappa shape index (κ3) is 8.79. The number of furan rings is 1. The monoisotopic (exact) mass is 493 g/mol. The van der Waals surface area contributed by atoms with Crippen LogP contribution in [0.1, 0.15) is 58.6 Å². The van der Waals surface area contributed by atoms with Gasteiger partial charge in [-0.15, -0.1) is 0 Å². The SMILES string of the molecule is CC(C)CN(Cc1ccc2occc2c1)C(=O)C(CC(=O)OCc1cccnc1)NCCC(C)(C)C. The number of fused-ring (bicyclic) bond motifs is 1. The molecular weight excluding hydrogens is 454 g/mol. The van der Waals surface area contributed by atoms with Crippen molar-refractivity contribution in [3.63, 3.8) is 0 Å². The van der Waals surface area contributed by atoms with Crippen molar-refractivity contribution in [2.24, 2.45) is 11.3 Å². The summed E-state index contributed by atoms with van der Waals surface area (Å²) in [6.07, 6.45) is 5.85. The number of benzene rings is 1. The van der Waals surface area contributed by atoms with Crippen LogP contribution in [0.25, 0.3) is 11.0 Å². The smallest absolute Gasteiger partial charge is 0.308 e. The summed E-state index contributed by atoms with van der Waals surface area (Å²) in [7, 11) is 0. The number of pyridine rings is 1. The standard InChI is InChI=1S/C29H39N3O4/c1-21(2)18-32(19-22-8-9-26-24(15-22)10-14-35-26)28(34)25(31-13-11-29(3,4)5)16-27(33)36-20-23-7-6-12-30-17-23/h6-10,12,14-15,17,21,25,31H,11,13,16,18-20H2,1-5H3. The molecule has 0 saturated carbocycles. The third-order valence-electron chi connectivity index (χ3n) is 5.84. The second-order valence-electron chi connectivity index (χ2n) is 10.9. The summed E-state index contributed by atoms with van der Waals surface area (Å²) >= 11 is 0. The van der Waals surface area contributed by atoms with E-state index in [4.69, 9.17) is 9.15 Å². The first kappa shape index (κ1) is 27.4. The molecule has 1 N–H and O–H groups in total. The molecule has 2 aromatic heterocycles. The van der Waals surface area contributed by atoms with Gasteiger partial charge in [0.05, 0.1) is 18.7 Å². The van der Waals surface area contributed by atoms with Crippen molar-refractivity contribution < 1.29 is 18.7 Å². The van der Waals surface area contributed by atoms with Crippen molar-refractivity contribution in [3.05, 3.63) is 66.2 Å². The molecule has 0 aliphatic rings. The molecule has 0 radical (unpaired) electrons. The minimum absolute atomic E-state index is 0.0292. The Morgan fingerprint density at radius 2 is 1.94 bits per heavy atom. The van der Waals surface area contributed by atoms with E-state index in [1.807, 2.05) is 35.2 Å². The first-order chi connectivity index (χ1) is 17.1. The maximum Gasteiger partial charge on any atom is 0.308 e. The molecule has 36 heavy (non-hydrogen) atoms. The highest BCUT2D eigenvalue weighted by molar-refractivity contribution is 5.87. The number of aromatic nitrogens is 1. The van der Waals surface area contributed by atoms with Crippen LogP contribution in [0.2, 0.25) is 0 Å². The maximum absolute atomic E-state index is 13.8. The average Bonchev–Trinajstić information content (AvgIpc) is 3.29. The Bertz CT molecular complexity index is 1120. The van der Waals surface area contributed by atoms with Crippen LogP contribution in [0.3, 0.4) is 0 Å². The molecule has 1 aromatic carbocycles. The van der Waals surface area contributed by atoms with E-state index >= 15 is 0 Å². The maximum atomic E-state index is 13.8. The highest BCUT2D eigenvalue weighted by Crippen LogP contribution is 2.20. The van der Waals surface area contributed by atoms with Crippen LogP contribution in [-0.4, -0.2) is 40.9 Å². The minimum atomic E-state index is -0.662. The van der Waals surface area contributed by atoms with Gasteiger partial charge >= 0.3 is 5.97 Å². The van der Waals surface area contributed by atoms with Crippen LogP contribution in [0.5, 0.6) is 0 Å². The van der Waals surface area contributed by atoms with Gasteiger partial charge in [-0.1, -0.05) is 46.8 Å². The van der Waals surface area contributed by atoms with Crippen LogP contribution in [0.4, 0.5) is 0 Å². The molecule has 1 unspecified atom stereocenters. The van der Waals surface area contributed by atoms with Crippen molar-refractivity contribution in [1.29, 1.82) is 0 Å². The van der Waals surface area contributed by atoms with Gasteiger partial charge in [-0.2, -0.15) is 0 Å². The number of esters is 1. The molecule has 0 fully saturated rings. The van der Waals surface area contributed by atoms with Crippen LogP contribution in [-0.2, 0) is 27.5 Å². The lowest BCUT2D eigenvalue weighted by Gasteiger charge is -2.30. The number of amides is 1. The van der Waals surface area contributed by atoms with Gasteiger partial charge in [0.25, 0.3) is 0 Å². The van der Waals surface area contributed by atoms with Crippen LogP contribution in [0.15, 0.2) is 59.5 Å². The summed E-state index contributed by atoms with van der Waals surface area (Å²) in [6, 6.07) is 10.9. The lowest BCUT2D eigenvalue weighted by Crippen LogP contribution is -2.49. The lowest BCUT2D eigenvalue weighted by atomic mass is 9.92. The van der Waals surface area contributed by atoms with Crippen LogP contribution >= 0.6 is 0 Å². The lowest BCUT2D eigenvalue weighted by molar-refractivity contribution is -0.149. The van der Waals surface area contributed by atoms with Crippen molar-refractivity contribution in [1.82, 2.24) is 15.2 Å². The van der Waals surface area contributed by atoms with E-state index < -0.39 is 12.0 Å². The third-order valence-corrected chi connectivity index (χ3v) is 5.84. The Kier molecular flexibility index (Phi) is 9.65. The molecule has 1 amide bonds. The fraction of sp³-hybridized carbons (Fsp3) is 0.483. The first-order valence-electron chi connectivity index (χ1n) is 12.6. The number of ether oxygens (including phenoxy) is 1. The van der Waals surface area contributed by atoms with Gasteiger partial charge in [0.2, 0.25) is 5.91 Å². The zero-order chi connectivity index (χ0) is 26.1. The van der Waals surface area contributed by atoms with E-state index in [-0.39, 0.29) is 30.3 Å². The molecule has 0 spiro atoms. The summed E-state index contributed by atoms with van der Waals surface area (Å²) in [6.45, 7) is 12.5. The first-order valence-corrected chi connectivity index (χ1v) is 12.6. The van der Waals surface area contributed by atoms with Gasteiger partial charge in [0.1, 0.15) is 12.2 Å². The highest BCUT2D eigenvalue weighted by Gasteiger charge is 2.28. The van der Waals surface area contributed by atoms with E-state index in [1.165, 1.54) is 0 Å². The summed E-state index contributed by atoms with van der Waals surface area (Å²) in [4.78, 5) is 32.4. The van der Waals surface area contributed by atoms with Gasteiger partial charge < -0.3 is 19.4 Å². The number of nitrogens with zero attached hydrogens (tertiary/aromatic N) is 2. The number of nitrogens with one attached hydrogen (secondary N) is 1. The number of hydrogen-bond donors (Lipinski definition) is 1. The quantitative estimate of drug-likeness (QED) is 0.343. The largest absolute Gasteiger partial charge is 0.464 e. The number of rotatable bonds is 12. The molecule has 2 heterocycles. The Balaban J connectivity index is 1.73. The molecule has 0 saturated heterocycles. The number of carbonyl (C=O) groups excluding carboxylic acids is 2. The molecule has 0 aliphatic carbocycles. The normalized spacial score (nSPS) is 12.6. The molecule has 194 valence electrons. The zero-order valence-corrected chi connectivity index (χ0v) is 22.1. The van der Waals surface area contributed by atoms with E-state index in [0.29, 0.717) is 19.6 Å². The van der Waals surface area contributed by atoms with Gasteiger partial charge in [0.15, 0.2) is 0 Å². The second-order valence-corrected chi connectivity index (χ2v) is 10.9. The number of carbonyl (C=O) groups is 2. The molecule has 1 atom stereocenters. The van der Waals surface area contributed by atoms with Crippen LogP contribution in [0, 0.1) is 11.3 Å². The molecule has 0 aliphatic heterocycles. The van der Waals surface area contributed by atoms with Gasteiger partial charge in [-0.05, 0) is 54.1 Å². The summed E-state index contributed by atoms with van der Waals surface area (Å²) in [5, 5.41) is 4.35. The predicted molar refractivity (Wildman–Crippen MR) is 141 cm³/mol. The second kappa shape index (κ2) is 12.7. The molecule has 3 aromatic rings. The Hall–Kier alpha value is -3.19. The summed E-state index contributed by atoms with van der Waals surface area (Å²) in [5.74, 6) is -0.229. The Morgan fingerprint density at radius 3 is 2.64 bits per heavy atom. The average molecular weight is 494 g/mol. The minimum Gasteiger partial charge on any atom is -0.464 e. The van der Waals surface area contributed by atoms with Crippen molar-refractivity contribution >= 4 is 22.8 Å². The van der Waals surface area contributed by atoms with Gasteiger partial charge in [0, 0.05) is 36.4 Å². The molecular formula is C29H39N3O4. The predicted octanol–water partition coefficient (Wildman–Crippen LogP) is 5.34. The molecule has 0 bridgehead atoms. The summed E-state index contributed by atoms with van der Waals surface area (Å²) < 4.78 is 10.9. The van der Waals surface area contributed by atoms with Crippen molar-refractivity contribution in [2.75, 3.05) is 13.1 Å². The zero-order valence-electron chi connectivity index (χ0n) is 22.1. The van der Waals surface area contributed by atoms with E-state index in [2.05, 4.69) is 44.9 Å². The molecule has 3 rings (SSSR count). The summed E-state index contributed by atoms with van der Waals surface area (Å²) in [5.41, 5.74) is 2.76. The van der Waals surface area contributed by atoms with E-state index in [0.717, 1.165) is 28.5 Å². The molecule has 7 heteroatoms. The Labute approximate surface area is 214 Å². The topological polar surface area (TPSA) is 84.7 Å². The van der Waals surface area contributed by atoms with Crippen molar-refractivity contribution in [3.8, 4) is 0 Å². The molecule has 7 nitrogen and oxygen atoms in total. The van der Waals surface area contributed by atoms with Gasteiger partial charge in [-0.25, -0.2) is 0 Å². The number of hydrogen-bond acceptors (Lipinski definition) is 6. The fourth-order valence-corrected chi connectivity index (χ4v) is 3.97.